The second-order valence-corrected chi connectivity index (χ2v) is 7.42. The number of hydrogen-bond donors (Lipinski definition) is 1. The molecule has 7 heteroatoms. The molecule has 24 heavy (non-hydrogen) atoms. The minimum atomic E-state index is -0.310. The Balaban J connectivity index is 1.87. The predicted molar refractivity (Wildman–Crippen MR) is 97.9 cm³/mol. The van der Waals surface area contributed by atoms with Crippen molar-refractivity contribution in [1.82, 2.24) is 14.5 Å². The average Bonchev–Trinajstić information content (AvgIpc) is 3.08. The van der Waals surface area contributed by atoms with Crippen LogP contribution in [0.4, 0.5) is 5.69 Å². The molecule has 0 bridgehead atoms. The van der Waals surface area contributed by atoms with Crippen LogP contribution < -0.4 is 11.1 Å². The number of nitrogens with zero attached hydrogens (tertiary/aromatic N) is 3. The topological polar surface area (TPSA) is 63.3 Å². The van der Waals surface area contributed by atoms with E-state index < -0.39 is 0 Å². The van der Waals surface area contributed by atoms with Crippen molar-refractivity contribution < 1.29 is 4.42 Å². The number of likely N-dealkylation sites (N-methyl/N-ethyl adjacent to an activating group) is 1. The van der Waals surface area contributed by atoms with E-state index in [0.29, 0.717) is 12.1 Å². The molecule has 0 fully saturated rings. The normalized spacial score (nSPS) is 12.9. The third kappa shape index (κ3) is 3.52. The van der Waals surface area contributed by atoms with Crippen LogP contribution in [0.5, 0.6) is 0 Å². The number of hydrogen-bond acceptors (Lipinski definition) is 6. The molecule has 0 amide bonds. The van der Waals surface area contributed by atoms with Crippen molar-refractivity contribution in [3.8, 4) is 0 Å². The van der Waals surface area contributed by atoms with Crippen molar-refractivity contribution >= 4 is 28.1 Å². The number of benzene rings is 1. The highest BCUT2D eigenvalue weighted by molar-refractivity contribution is 7.11. The molecule has 3 rings (SSSR count). The monoisotopic (exact) mass is 346 g/mol. The first-order valence-electron chi connectivity index (χ1n) is 7.91. The fraction of sp³-hybridized carbons (Fsp3) is 0.412. The van der Waals surface area contributed by atoms with Crippen LogP contribution in [0.15, 0.2) is 33.6 Å². The zero-order chi connectivity index (χ0) is 17.3. The van der Waals surface area contributed by atoms with Gasteiger partial charge in [-0.2, -0.15) is 0 Å². The van der Waals surface area contributed by atoms with Gasteiger partial charge in [-0.1, -0.05) is 0 Å². The number of thiazole rings is 1. The van der Waals surface area contributed by atoms with Crippen LogP contribution in [0.1, 0.15) is 22.9 Å². The summed E-state index contributed by atoms with van der Waals surface area (Å²) in [6.07, 6.45) is 1.90. The van der Waals surface area contributed by atoms with Crippen molar-refractivity contribution in [3.63, 3.8) is 0 Å². The number of aromatic nitrogens is 2. The molecule has 1 atom stereocenters. The summed E-state index contributed by atoms with van der Waals surface area (Å²) in [4.78, 5) is 19.6. The van der Waals surface area contributed by atoms with Crippen LogP contribution in [0, 0.1) is 6.92 Å². The van der Waals surface area contributed by atoms with Crippen LogP contribution >= 0.6 is 11.3 Å². The highest BCUT2D eigenvalue weighted by Gasteiger charge is 2.12. The molecular formula is C17H22N4O2S. The maximum atomic E-state index is 12.1. The molecule has 6 nitrogen and oxygen atoms in total. The van der Waals surface area contributed by atoms with Crippen molar-refractivity contribution in [2.75, 3.05) is 26.0 Å². The van der Waals surface area contributed by atoms with Gasteiger partial charge in [0.1, 0.15) is 0 Å². The van der Waals surface area contributed by atoms with E-state index >= 15 is 0 Å². The van der Waals surface area contributed by atoms with Gasteiger partial charge in [0, 0.05) is 29.9 Å². The van der Waals surface area contributed by atoms with Gasteiger partial charge < -0.3 is 14.6 Å². The maximum absolute atomic E-state index is 12.1. The summed E-state index contributed by atoms with van der Waals surface area (Å²) < 4.78 is 7.02. The molecule has 0 aliphatic heterocycles. The lowest BCUT2D eigenvalue weighted by atomic mass is 10.2. The van der Waals surface area contributed by atoms with E-state index in [1.54, 1.807) is 15.9 Å². The summed E-state index contributed by atoms with van der Waals surface area (Å²) >= 11 is 1.68. The van der Waals surface area contributed by atoms with Gasteiger partial charge in [-0.3, -0.25) is 4.57 Å². The van der Waals surface area contributed by atoms with Gasteiger partial charge in [-0.05, 0) is 46.1 Å². The number of nitrogens with one attached hydrogen (secondary N) is 1. The zero-order valence-electron chi connectivity index (χ0n) is 14.4. The summed E-state index contributed by atoms with van der Waals surface area (Å²) in [5.74, 6) is -0.310. The lowest BCUT2D eigenvalue weighted by molar-refractivity contribution is 0.374. The Morgan fingerprint density at radius 2 is 2.21 bits per heavy atom. The molecule has 0 saturated carbocycles. The summed E-state index contributed by atoms with van der Waals surface area (Å²) in [6.45, 7) is 5.49. The van der Waals surface area contributed by atoms with Crippen molar-refractivity contribution in [2.45, 2.75) is 26.4 Å². The molecule has 1 unspecified atom stereocenters. The third-order valence-corrected chi connectivity index (χ3v) is 4.98. The van der Waals surface area contributed by atoms with Crippen LogP contribution in [-0.2, 0) is 6.54 Å². The van der Waals surface area contributed by atoms with Crippen molar-refractivity contribution in [3.05, 3.63) is 44.8 Å². The van der Waals surface area contributed by atoms with E-state index in [1.165, 1.54) is 4.88 Å². The molecule has 3 aromatic rings. The molecule has 0 radical (unpaired) electrons. The molecule has 128 valence electrons. The van der Waals surface area contributed by atoms with E-state index in [-0.39, 0.29) is 11.8 Å². The lowest BCUT2D eigenvalue weighted by Crippen LogP contribution is -2.23. The largest absolute Gasteiger partial charge is 0.419 e. The first kappa shape index (κ1) is 16.7. The van der Waals surface area contributed by atoms with Crippen molar-refractivity contribution in [2.24, 2.45) is 0 Å². The lowest BCUT2D eigenvalue weighted by Gasteiger charge is -2.14. The van der Waals surface area contributed by atoms with Gasteiger partial charge in [0.25, 0.3) is 0 Å². The molecule has 2 aromatic heterocycles. The molecule has 0 aliphatic carbocycles. The number of anilines is 1. The summed E-state index contributed by atoms with van der Waals surface area (Å²) in [5.41, 5.74) is 2.39. The van der Waals surface area contributed by atoms with E-state index in [2.05, 4.69) is 17.2 Å². The molecule has 0 saturated heterocycles. The second kappa shape index (κ2) is 6.78. The molecule has 1 aromatic carbocycles. The standard InChI is InChI=1S/C17H22N4O2S/c1-11(16-10-18-12(2)24-16)19-13-5-6-15-14(9-13)21(17(22)23-15)8-7-20(3)4/h5-6,9-11,19H,7-8H2,1-4H3. The highest BCUT2D eigenvalue weighted by atomic mass is 32.1. The Hall–Kier alpha value is -2.12. The van der Waals surface area contributed by atoms with Gasteiger partial charge in [-0.15, -0.1) is 11.3 Å². The van der Waals surface area contributed by atoms with Crippen LogP contribution in [-0.4, -0.2) is 35.1 Å². The smallest absolute Gasteiger partial charge is 0.408 e. The zero-order valence-corrected chi connectivity index (χ0v) is 15.2. The van der Waals surface area contributed by atoms with E-state index in [4.69, 9.17) is 4.42 Å². The average molecular weight is 346 g/mol. The van der Waals surface area contributed by atoms with E-state index in [9.17, 15) is 4.79 Å². The molecule has 1 N–H and O–H groups in total. The number of aryl methyl sites for hydroxylation is 1. The van der Waals surface area contributed by atoms with Gasteiger partial charge in [-0.25, -0.2) is 9.78 Å². The molecule has 0 aliphatic rings. The van der Waals surface area contributed by atoms with Crippen LogP contribution in [0.2, 0.25) is 0 Å². The Morgan fingerprint density at radius 3 is 2.88 bits per heavy atom. The second-order valence-electron chi connectivity index (χ2n) is 6.15. The third-order valence-electron chi connectivity index (χ3n) is 3.89. The Bertz CT molecular complexity index is 894. The van der Waals surface area contributed by atoms with Crippen LogP contribution in [0.3, 0.4) is 0 Å². The summed E-state index contributed by atoms with van der Waals surface area (Å²) in [5, 5.41) is 4.52. The quantitative estimate of drug-likeness (QED) is 0.743. The predicted octanol–water partition coefficient (Wildman–Crippen LogP) is 3.09. The fourth-order valence-corrected chi connectivity index (χ4v) is 3.35. The molecular weight excluding hydrogens is 324 g/mol. The number of rotatable bonds is 6. The number of fused-ring (bicyclic) bond motifs is 1. The minimum Gasteiger partial charge on any atom is -0.408 e. The van der Waals surface area contributed by atoms with E-state index in [1.807, 2.05) is 50.3 Å². The van der Waals surface area contributed by atoms with Gasteiger partial charge >= 0.3 is 5.76 Å². The molecule has 0 spiro atoms. The Morgan fingerprint density at radius 1 is 1.42 bits per heavy atom. The summed E-state index contributed by atoms with van der Waals surface area (Å²) in [6, 6.07) is 5.91. The highest BCUT2D eigenvalue weighted by Crippen LogP contribution is 2.26. The van der Waals surface area contributed by atoms with Gasteiger partial charge in [0.15, 0.2) is 5.58 Å². The molecule has 2 heterocycles. The SMILES string of the molecule is Cc1ncc(C(C)Nc2ccc3oc(=O)n(CCN(C)C)c3c2)s1. The van der Waals surface area contributed by atoms with Gasteiger partial charge in [0.2, 0.25) is 0 Å². The van der Waals surface area contributed by atoms with Crippen molar-refractivity contribution in [1.29, 1.82) is 0 Å². The van der Waals surface area contributed by atoms with Gasteiger partial charge in [0.05, 0.1) is 16.6 Å². The Labute approximate surface area is 144 Å². The van der Waals surface area contributed by atoms with Crippen LogP contribution in [0.25, 0.3) is 11.1 Å². The minimum absolute atomic E-state index is 0.155. The first-order chi connectivity index (χ1) is 11.4. The Kier molecular flexibility index (Phi) is 4.73. The van der Waals surface area contributed by atoms with E-state index in [0.717, 1.165) is 22.8 Å². The summed E-state index contributed by atoms with van der Waals surface area (Å²) in [7, 11) is 3.97. The first-order valence-corrected chi connectivity index (χ1v) is 8.72. The maximum Gasteiger partial charge on any atom is 0.419 e. The fourth-order valence-electron chi connectivity index (χ4n) is 2.56. The number of oxazole rings is 1.